The van der Waals surface area contributed by atoms with Crippen molar-refractivity contribution in [1.82, 2.24) is 9.13 Å². The molecule has 1 heterocycles. The van der Waals surface area contributed by atoms with Crippen molar-refractivity contribution in [2.45, 2.75) is 59.0 Å². The zero-order valence-corrected chi connectivity index (χ0v) is 13.9. The molecule has 0 N–H and O–H groups in total. The molecule has 0 spiro atoms. The van der Waals surface area contributed by atoms with Crippen LogP contribution >= 0.6 is 0 Å². The molecule has 0 aliphatic carbocycles. The third kappa shape index (κ3) is 2.80. The molecule has 0 aromatic heterocycles. The summed E-state index contributed by atoms with van der Waals surface area (Å²) in [6, 6.07) is 1.03. The molecular formula is C13H30N2O2Si. The first-order valence-corrected chi connectivity index (χ1v) is 8.92. The Balaban J connectivity index is 3.04. The normalized spacial score (nSPS) is 25.0. The van der Waals surface area contributed by atoms with E-state index in [1.54, 1.807) is 0 Å². The number of nitrogens with zero attached hydrogens (tertiary/aromatic N) is 2. The van der Waals surface area contributed by atoms with Crippen LogP contribution in [0.25, 0.3) is 0 Å². The van der Waals surface area contributed by atoms with Gasteiger partial charge in [-0.3, -0.25) is 9.13 Å². The maximum atomic E-state index is 5.97. The van der Waals surface area contributed by atoms with Crippen LogP contribution in [0.2, 0.25) is 0 Å². The molecule has 0 bridgehead atoms. The Kier molecular flexibility index (Phi) is 6.27. The third-order valence-corrected chi connectivity index (χ3v) is 8.15. The Hall–Kier alpha value is 0.0569. The van der Waals surface area contributed by atoms with Crippen molar-refractivity contribution in [3.63, 3.8) is 0 Å². The van der Waals surface area contributed by atoms with Crippen LogP contribution in [0.15, 0.2) is 0 Å². The lowest BCUT2D eigenvalue weighted by Crippen LogP contribution is -2.75. The van der Waals surface area contributed by atoms with Crippen LogP contribution in [0.5, 0.6) is 0 Å². The molecule has 2 atom stereocenters. The number of hydrogen-bond acceptors (Lipinski definition) is 4. The standard InChI is InChI=1S/C13H30N2O2Si/c1-7-12(3)14-10-9-11-15(13(4)8-2)18(14,16-5)17-6/h12-13H,7-11H2,1-6H3. The van der Waals surface area contributed by atoms with E-state index in [0.717, 1.165) is 25.9 Å². The van der Waals surface area contributed by atoms with Crippen LogP contribution in [0.3, 0.4) is 0 Å². The highest BCUT2D eigenvalue weighted by molar-refractivity contribution is 6.61. The molecule has 1 aliphatic rings. The molecule has 18 heavy (non-hydrogen) atoms. The smallest absolute Gasteiger partial charge is 0.374 e. The predicted molar refractivity (Wildman–Crippen MR) is 77.3 cm³/mol. The average molecular weight is 274 g/mol. The monoisotopic (exact) mass is 274 g/mol. The first-order chi connectivity index (χ1) is 8.57. The summed E-state index contributed by atoms with van der Waals surface area (Å²) in [5.74, 6) is 0. The minimum absolute atomic E-state index is 0.517. The second-order valence-electron chi connectivity index (χ2n) is 5.21. The van der Waals surface area contributed by atoms with Crippen molar-refractivity contribution in [3.8, 4) is 0 Å². The van der Waals surface area contributed by atoms with E-state index in [4.69, 9.17) is 8.85 Å². The highest BCUT2D eigenvalue weighted by Gasteiger charge is 2.55. The summed E-state index contributed by atoms with van der Waals surface area (Å²) in [4.78, 5) is 0. The van der Waals surface area contributed by atoms with Crippen LogP contribution < -0.4 is 0 Å². The SMILES string of the molecule is CCC(C)N1CCCN(C(C)CC)[Si]1(OC)OC. The average Bonchev–Trinajstić information content (AvgIpc) is 2.44. The minimum atomic E-state index is -2.39. The Morgan fingerprint density at radius 2 is 1.33 bits per heavy atom. The first kappa shape index (κ1) is 16.1. The zero-order valence-electron chi connectivity index (χ0n) is 12.9. The lowest BCUT2D eigenvalue weighted by molar-refractivity contribution is 0.0390. The minimum Gasteiger partial charge on any atom is -0.374 e. The Bertz CT molecular complexity index is 229. The zero-order chi connectivity index (χ0) is 13.8. The summed E-state index contributed by atoms with van der Waals surface area (Å²) >= 11 is 0. The summed E-state index contributed by atoms with van der Waals surface area (Å²) in [6.45, 7) is 11.2. The van der Waals surface area contributed by atoms with Gasteiger partial charge in [0.1, 0.15) is 0 Å². The van der Waals surface area contributed by atoms with Gasteiger partial charge in [-0.1, -0.05) is 13.8 Å². The quantitative estimate of drug-likeness (QED) is 0.694. The molecule has 0 amide bonds. The first-order valence-electron chi connectivity index (χ1n) is 7.21. The lowest BCUT2D eigenvalue weighted by atomic mass is 10.2. The molecule has 1 rings (SSSR count). The van der Waals surface area contributed by atoms with Gasteiger partial charge in [0.05, 0.1) is 0 Å². The molecule has 108 valence electrons. The van der Waals surface area contributed by atoms with E-state index in [1.807, 2.05) is 14.2 Å². The molecule has 1 saturated heterocycles. The molecule has 0 saturated carbocycles. The van der Waals surface area contributed by atoms with Crippen LogP contribution in [-0.4, -0.2) is 57.4 Å². The van der Waals surface area contributed by atoms with E-state index in [0.29, 0.717) is 12.1 Å². The molecule has 5 heteroatoms. The fourth-order valence-electron chi connectivity index (χ4n) is 2.85. The molecule has 0 aromatic carbocycles. The fourth-order valence-corrected chi connectivity index (χ4v) is 6.65. The molecule has 4 nitrogen and oxygen atoms in total. The fraction of sp³-hybridized carbons (Fsp3) is 1.00. The molecule has 0 aromatic rings. The van der Waals surface area contributed by atoms with Crippen molar-refractivity contribution >= 4 is 8.88 Å². The maximum Gasteiger partial charge on any atom is 0.522 e. The van der Waals surface area contributed by atoms with Crippen LogP contribution in [0, 0.1) is 0 Å². The molecule has 2 unspecified atom stereocenters. The maximum absolute atomic E-state index is 5.97. The molecule has 1 aliphatic heterocycles. The second-order valence-corrected chi connectivity index (χ2v) is 8.27. The summed E-state index contributed by atoms with van der Waals surface area (Å²) in [6.07, 6.45) is 3.47. The molecule has 0 radical (unpaired) electrons. The summed E-state index contributed by atoms with van der Waals surface area (Å²) < 4.78 is 16.9. The highest BCUT2D eigenvalue weighted by atomic mass is 28.4. The molecule has 1 fully saturated rings. The predicted octanol–water partition coefficient (Wildman–Crippen LogP) is 2.32. The van der Waals surface area contributed by atoms with Gasteiger partial charge in [0.25, 0.3) is 0 Å². The van der Waals surface area contributed by atoms with E-state index >= 15 is 0 Å². The van der Waals surface area contributed by atoms with E-state index in [1.165, 1.54) is 6.42 Å². The van der Waals surface area contributed by atoms with Crippen molar-refractivity contribution in [2.75, 3.05) is 27.3 Å². The molecular weight excluding hydrogens is 244 g/mol. The van der Waals surface area contributed by atoms with E-state index in [2.05, 4.69) is 36.8 Å². The van der Waals surface area contributed by atoms with E-state index < -0.39 is 8.88 Å². The second kappa shape index (κ2) is 7.00. The summed E-state index contributed by atoms with van der Waals surface area (Å²) in [5.41, 5.74) is 0. The van der Waals surface area contributed by atoms with Gasteiger partial charge in [0.2, 0.25) is 0 Å². The number of rotatable bonds is 6. The van der Waals surface area contributed by atoms with Gasteiger partial charge >= 0.3 is 8.88 Å². The van der Waals surface area contributed by atoms with Gasteiger partial charge < -0.3 is 8.85 Å². The lowest BCUT2D eigenvalue weighted by Gasteiger charge is -2.51. The van der Waals surface area contributed by atoms with Gasteiger partial charge in [-0.15, -0.1) is 0 Å². The summed E-state index contributed by atoms with van der Waals surface area (Å²) in [5, 5.41) is 0. The van der Waals surface area contributed by atoms with E-state index in [-0.39, 0.29) is 0 Å². The van der Waals surface area contributed by atoms with Crippen LogP contribution in [-0.2, 0) is 8.85 Å². The Morgan fingerprint density at radius 3 is 1.61 bits per heavy atom. The van der Waals surface area contributed by atoms with Crippen LogP contribution in [0.1, 0.15) is 47.0 Å². The van der Waals surface area contributed by atoms with Gasteiger partial charge in [-0.2, -0.15) is 0 Å². The Labute approximate surface area is 114 Å². The van der Waals surface area contributed by atoms with Gasteiger partial charge in [0.15, 0.2) is 0 Å². The van der Waals surface area contributed by atoms with E-state index in [9.17, 15) is 0 Å². The van der Waals surface area contributed by atoms with Gasteiger partial charge in [-0.05, 0) is 46.2 Å². The largest absolute Gasteiger partial charge is 0.522 e. The van der Waals surface area contributed by atoms with Crippen molar-refractivity contribution in [1.29, 1.82) is 0 Å². The van der Waals surface area contributed by atoms with Gasteiger partial charge in [-0.25, -0.2) is 0 Å². The van der Waals surface area contributed by atoms with Gasteiger partial charge in [0, 0.05) is 26.3 Å². The number of hydrogen-bond donors (Lipinski definition) is 0. The topological polar surface area (TPSA) is 24.9 Å². The third-order valence-electron chi connectivity index (χ3n) is 4.30. The van der Waals surface area contributed by atoms with Crippen molar-refractivity contribution in [3.05, 3.63) is 0 Å². The highest BCUT2D eigenvalue weighted by Crippen LogP contribution is 2.28. The van der Waals surface area contributed by atoms with Crippen molar-refractivity contribution < 1.29 is 8.85 Å². The van der Waals surface area contributed by atoms with Crippen LogP contribution in [0.4, 0.5) is 0 Å². The van der Waals surface area contributed by atoms with Crippen molar-refractivity contribution in [2.24, 2.45) is 0 Å². The summed E-state index contributed by atoms with van der Waals surface area (Å²) in [7, 11) is 1.23. The Morgan fingerprint density at radius 1 is 0.944 bits per heavy atom.